The van der Waals surface area contributed by atoms with Gasteiger partial charge in [0.05, 0.1) is 21.4 Å². The fraction of sp³-hybridized carbons (Fsp3) is 0.286. The van der Waals surface area contributed by atoms with Crippen molar-refractivity contribution in [1.82, 2.24) is 9.78 Å². The Morgan fingerprint density at radius 1 is 1.40 bits per heavy atom. The van der Waals surface area contributed by atoms with Crippen LogP contribution >= 0.6 is 15.9 Å². The lowest BCUT2D eigenvalue weighted by Crippen LogP contribution is -2.04. The second kappa shape index (κ2) is 6.09. The normalized spacial score (nSPS) is 10.6. The number of carboxylic acid groups (broad SMARTS) is 1. The summed E-state index contributed by atoms with van der Waals surface area (Å²) < 4.78 is 8.41. The molecule has 6 heteroatoms. The minimum Gasteiger partial charge on any atom is -0.487 e. The summed E-state index contributed by atoms with van der Waals surface area (Å²) >= 11 is 3.53. The van der Waals surface area contributed by atoms with Crippen LogP contribution in [0.1, 0.15) is 28.7 Å². The third kappa shape index (κ3) is 3.01. The average Bonchev–Trinajstić information content (AvgIpc) is 2.71. The zero-order valence-electron chi connectivity index (χ0n) is 11.3. The minimum atomic E-state index is -0.946. The minimum absolute atomic E-state index is 0.243. The maximum Gasteiger partial charge on any atom is 0.335 e. The number of carboxylic acids is 1. The van der Waals surface area contributed by atoms with Crippen LogP contribution in [0.4, 0.5) is 0 Å². The summed E-state index contributed by atoms with van der Waals surface area (Å²) in [6, 6.07) is 6.34. The van der Waals surface area contributed by atoms with Crippen LogP contribution in [0.2, 0.25) is 0 Å². The summed E-state index contributed by atoms with van der Waals surface area (Å²) in [5.74, 6) is -0.320. The molecule has 0 unspecified atom stereocenters. The van der Waals surface area contributed by atoms with Gasteiger partial charge >= 0.3 is 5.97 Å². The summed E-state index contributed by atoms with van der Waals surface area (Å²) in [4.78, 5) is 10.8. The molecule has 0 aliphatic rings. The van der Waals surface area contributed by atoms with Crippen molar-refractivity contribution in [3.63, 3.8) is 0 Å². The molecule has 1 aromatic carbocycles. The first-order valence-electron chi connectivity index (χ1n) is 6.19. The number of hydrogen-bond donors (Lipinski definition) is 1. The SMILES string of the molecule is CCc1nn(C)c(COc2ccc(C(=O)O)cc2)c1Br. The van der Waals surface area contributed by atoms with Gasteiger partial charge in [-0.3, -0.25) is 4.68 Å². The van der Waals surface area contributed by atoms with E-state index >= 15 is 0 Å². The molecule has 0 atom stereocenters. The van der Waals surface area contributed by atoms with Crippen molar-refractivity contribution in [3.8, 4) is 5.75 Å². The second-order valence-electron chi connectivity index (χ2n) is 4.30. The van der Waals surface area contributed by atoms with Crippen LogP contribution in [-0.2, 0) is 20.1 Å². The van der Waals surface area contributed by atoms with Crippen LogP contribution in [0.15, 0.2) is 28.7 Å². The Hall–Kier alpha value is -1.82. The molecule has 2 aromatic rings. The van der Waals surface area contributed by atoms with Gasteiger partial charge in [0.1, 0.15) is 12.4 Å². The molecule has 1 heterocycles. The summed E-state index contributed by atoms with van der Waals surface area (Å²) in [7, 11) is 1.87. The molecule has 0 saturated carbocycles. The quantitative estimate of drug-likeness (QED) is 0.909. The predicted octanol–water partition coefficient (Wildman–Crippen LogP) is 3.02. The highest BCUT2D eigenvalue weighted by molar-refractivity contribution is 9.10. The van der Waals surface area contributed by atoms with E-state index in [1.807, 2.05) is 14.0 Å². The lowest BCUT2D eigenvalue weighted by Gasteiger charge is -2.07. The highest BCUT2D eigenvalue weighted by Gasteiger charge is 2.13. The van der Waals surface area contributed by atoms with Crippen LogP contribution in [0.5, 0.6) is 5.75 Å². The molecule has 0 saturated heterocycles. The van der Waals surface area contributed by atoms with Gasteiger partial charge < -0.3 is 9.84 Å². The van der Waals surface area contributed by atoms with Crippen LogP contribution in [-0.4, -0.2) is 20.9 Å². The van der Waals surface area contributed by atoms with Gasteiger partial charge in [0.15, 0.2) is 0 Å². The van der Waals surface area contributed by atoms with Crippen LogP contribution < -0.4 is 4.74 Å². The van der Waals surface area contributed by atoms with Crippen LogP contribution in [0.3, 0.4) is 0 Å². The Kier molecular flexibility index (Phi) is 4.44. The maximum atomic E-state index is 10.8. The van der Waals surface area contributed by atoms with Crippen molar-refractivity contribution < 1.29 is 14.6 Å². The average molecular weight is 339 g/mol. The molecule has 0 amide bonds. The Balaban J connectivity index is 2.09. The molecular formula is C14H15BrN2O3. The number of halogens is 1. The van der Waals surface area contributed by atoms with Gasteiger partial charge in [0.25, 0.3) is 0 Å². The van der Waals surface area contributed by atoms with Crippen LogP contribution in [0.25, 0.3) is 0 Å². The smallest absolute Gasteiger partial charge is 0.335 e. The first kappa shape index (κ1) is 14.6. The largest absolute Gasteiger partial charge is 0.487 e. The molecular weight excluding hydrogens is 324 g/mol. The number of aromatic nitrogens is 2. The summed E-state index contributed by atoms with van der Waals surface area (Å²) in [5, 5.41) is 13.2. The first-order valence-corrected chi connectivity index (χ1v) is 6.98. The molecule has 0 radical (unpaired) electrons. The van der Waals surface area contributed by atoms with Crippen molar-refractivity contribution >= 4 is 21.9 Å². The number of ether oxygens (including phenoxy) is 1. The van der Waals surface area contributed by atoms with E-state index < -0.39 is 5.97 Å². The summed E-state index contributed by atoms with van der Waals surface area (Å²) in [6.45, 7) is 2.42. The van der Waals surface area contributed by atoms with Gasteiger partial charge in [-0.15, -0.1) is 0 Å². The molecule has 0 aliphatic carbocycles. The predicted molar refractivity (Wildman–Crippen MR) is 78.0 cm³/mol. The van der Waals surface area contributed by atoms with Gasteiger partial charge in [-0.25, -0.2) is 4.79 Å². The third-order valence-corrected chi connectivity index (χ3v) is 3.90. The number of aromatic carboxylic acids is 1. The lowest BCUT2D eigenvalue weighted by molar-refractivity contribution is 0.0697. The molecule has 0 spiro atoms. The number of rotatable bonds is 5. The van der Waals surface area contributed by atoms with Gasteiger partial charge in [0.2, 0.25) is 0 Å². The third-order valence-electron chi connectivity index (χ3n) is 2.98. The van der Waals surface area contributed by atoms with Crippen molar-refractivity contribution in [1.29, 1.82) is 0 Å². The number of nitrogens with zero attached hydrogens (tertiary/aromatic N) is 2. The molecule has 0 fully saturated rings. The molecule has 1 N–H and O–H groups in total. The lowest BCUT2D eigenvalue weighted by atomic mass is 10.2. The number of hydrogen-bond acceptors (Lipinski definition) is 3. The van der Waals surface area contributed by atoms with E-state index in [0.29, 0.717) is 12.4 Å². The van der Waals surface area contributed by atoms with Crippen molar-refractivity contribution in [2.24, 2.45) is 7.05 Å². The van der Waals surface area contributed by atoms with Crippen molar-refractivity contribution in [2.45, 2.75) is 20.0 Å². The summed E-state index contributed by atoms with van der Waals surface area (Å²) in [5.41, 5.74) is 2.18. The standard InChI is InChI=1S/C14H15BrN2O3/c1-3-11-13(15)12(17(2)16-11)8-20-10-6-4-9(5-7-10)14(18)19/h4-7H,3,8H2,1-2H3,(H,18,19). The summed E-state index contributed by atoms with van der Waals surface area (Å²) in [6.07, 6.45) is 0.849. The maximum absolute atomic E-state index is 10.8. The van der Waals surface area contributed by atoms with E-state index in [1.165, 1.54) is 12.1 Å². The molecule has 0 aliphatic heterocycles. The fourth-order valence-corrected chi connectivity index (χ4v) is 2.55. The van der Waals surface area contributed by atoms with Gasteiger partial charge in [0, 0.05) is 7.05 Å². The van der Waals surface area contributed by atoms with Crippen molar-refractivity contribution in [2.75, 3.05) is 0 Å². The van der Waals surface area contributed by atoms with Crippen molar-refractivity contribution in [3.05, 3.63) is 45.7 Å². The Bertz CT molecular complexity index is 620. The van der Waals surface area contributed by atoms with Gasteiger partial charge in [-0.1, -0.05) is 6.92 Å². The number of benzene rings is 1. The molecule has 5 nitrogen and oxygen atoms in total. The number of carbonyl (C=O) groups is 1. The number of aryl methyl sites for hydroxylation is 2. The first-order chi connectivity index (χ1) is 9.52. The highest BCUT2D eigenvalue weighted by Crippen LogP contribution is 2.23. The zero-order valence-corrected chi connectivity index (χ0v) is 12.8. The monoisotopic (exact) mass is 338 g/mol. The molecule has 1 aromatic heterocycles. The molecule has 2 rings (SSSR count). The molecule has 20 heavy (non-hydrogen) atoms. The Morgan fingerprint density at radius 2 is 2.05 bits per heavy atom. The molecule has 106 valence electrons. The van der Waals surface area contributed by atoms with Gasteiger partial charge in [-0.2, -0.15) is 5.10 Å². The van der Waals surface area contributed by atoms with E-state index in [9.17, 15) is 4.79 Å². The topological polar surface area (TPSA) is 64.4 Å². The Labute approximate surface area is 125 Å². The van der Waals surface area contributed by atoms with E-state index in [0.717, 1.165) is 22.3 Å². The highest BCUT2D eigenvalue weighted by atomic mass is 79.9. The second-order valence-corrected chi connectivity index (χ2v) is 5.10. The Morgan fingerprint density at radius 3 is 2.55 bits per heavy atom. The zero-order chi connectivity index (χ0) is 14.7. The van der Waals surface area contributed by atoms with E-state index in [4.69, 9.17) is 9.84 Å². The molecule has 0 bridgehead atoms. The van der Waals surface area contributed by atoms with E-state index in [-0.39, 0.29) is 5.56 Å². The van der Waals surface area contributed by atoms with E-state index in [2.05, 4.69) is 21.0 Å². The van der Waals surface area contributed by atoms with Crippen LogP contribution in [0, 0.1) is 0 Å². The van der Waals surface area contributed by atoms with Gasteiger partial charge in [-0.05, 0) is 46.6 Å². The fourth-order valence-electron chi connectivity index (χ4n) is 1.82. The van der Waals surface area contributed by atoms with E-state index in [1.54, 1.807) is 16.8 Å².